The molecular weight excluding hydrogens is 515 g/mol. The van der Waals surface area contributed by atoms with Gasteiger partial charge in [-0.3, -0.25) is 9.59 Å². The van der Waals surface area contributed by atoms with Gasteiger partial charge in [-0.15, -0.1) is 11.3 Å². The largest absolute Gasteiger partial charge is 0.433 e. The third kappa shape index (κ3) is 4.78. The van der Waals surface area contributed by atoms with Gasteiger partial charge in [0.2, 0.25) is 0 Å². The van der Waals surface area contributed by atoms with Crippen molar-refractivity contribution in [3.63, 3.8) is 0 Å². The Morgan fingerprint density at radius 1 is 1.13 bits per heavy atom. The zero-order valence-electron chi connectivity index (χ0n) is 21.0. The number of carbonyl (C=O) groups is 2. The number of amides is 2. The molecule has 7 nitrogen and oxygen atoms in total. The highest BCUT2D eigenvalue weighted by Gasteiger charge is 2.36. The monoisotopic (exact) mass is 541 g/mol. The van der Waals surface area contributed by atoms with Crippen LogP contribution in [0.4, 0.5) is 18.2 Å². The molecule has 3 N–H and O–H groups in total. The molecule has 1 aliphatic rings. The van der Waals surface area contributed by atoms with Crippen LogP contribution < -0.4 is 11.1 Å². The maximum atomic E-state index is 13.9. The van der Waals surface area contributed by atoms with Crippen LogP contribution in [0.2, 0.25) is 0 Å². The predicted molar refractivity (Wildman–Crippen MR) is 139 cm³/mol. The van der Waals surface area contributed by atoms with E-state index in [1.165, 1.54) is 17.4 Å². The first-order valence-electron chi connectivity index (χ1n) is 12.1. The molecule has 0 aliphatic heterocycles. The van der Waals surface area contributed by atoms with E-state index in [9.17, 15) is 22.8 Å². The molecule has 0 fully saturated rings. The van der Waals surface area contributed by atoms with Crippen LogP contribution in [0.1, 0.15) is 64.2 Å². The van der Waals surface area contributed by atoms with Gasteiger partial charge in [0.25, 0.3) is 11.8 Å². The summed E-state index contributed by atoms with van der Waals surface area (Å²) in [6.45, 7) is 6.51. The van der Waals surface area contributed by atoms with Crippen molar-refractivity contribution in [3.05, 3.63) is 69.9 Å². The van der Waals surface area contributed by atoms with Crippen molar-refractivity contribution in [2.45, 2.75) is 46.2 Å². The highest BCUT2D eigenvalue weighted by molar-refractivity contribution is 7.17. The number of nitrogens with one attached hydrogen (secondary N) is 1. The highest BCUT2D eigenvalue weighted by atomic mass is 32.1. The Morgan fingerprint density at radius 2 is 1.84 bits per heavy atom. The Bertz CT molecular complexity index is 1550. The topological polar surface area (TPSA) is 102 Å². The lowest BCUT2D eigenvalue weighted by molar-refractivity contribution is -0.142. The highest BCUT2D eigenvalue weighted by Crippen LogP contribution is 2.44. The molecule has 38 heavy (non-hydrogen) atoms. The van der Waals surface area contributed by atoms with Gasteiger partial charge in [0.05, 0.1) is 11.3 Å². The number of anilines is 1. The second-order valence-electron chi connectivity index (χ2n) is 10.5. The molecule has 0 spiro atoms. The van der Waals surface area contributed by atoms with Crippen LogP contribution in [0, 0.1) is 11.3 Å². The summed E-state index contributed by atoms with van der Waals surface area (Å²) < 4.78 is 42.4. The Morgan fingerprint density at radius 3 is 2.47 bits per heavy atom. The Balaban J connectivity index is 1.52. The first-order chi connectivity index (χ1) is 17.8. The van der Waals surface area contributed by atoms with Crippen molar-refractivity contribution >= 4 is 33.8 Å². The molecular formula is C27H26F3N5O2S. The lowest BCUT2D eigenvalue weighted by atomic mass is 9.72. The van der Waals surface area contributed by atoms with Crippen molar-refractivity contribution in [1.29, 1.82) is 0 Å². The number of alkyl halides is 3. The standard InChI is InChI=1S/C27H26F3N5O2S/c1-26(2,3)15-9-10-16-19(11-15)38-25(22(16)23(31)36)33-24(37)18-13-21-32-17(14-7-5-4-6-8-14)12-20(27(28,29)30)35(21)34-18/h4-8,12-13,15H,9-11H2,1-3H3,(H2,31,36)(H,33,37). The molecule has 198 valence electrons. The number of hydrogen-bond acceptors (Lipinski definition) is 5. The minimum atomic E-state index is -4.74. The van der Waals surface area contributed by atoms with Crippen molar-refractivity contribution in [1.82, 2.24) is 14.6 Å². The van der Waals surface area contributed by atoms with E-state index in [0.29, 0.717) is 22.4 Å². The summed E-state index contributed by atoms with van der Waals surface area (Å²) in [4.78, 5) is 30.8. The van der Waals surface area contributed by atoms with Crippen LogP contribution in [0.3, 0.4) is 0 Å². The van der Waals surface area contributed by atoms with E-state index in [1.807, 2.05) is 0 Å². The molecule has 1 aromatic carbocycles. The maximum absolute atomic E-state index is 13.9. The van der Waals surface area contributed by atoms with Crippen LogP contribution >= 0.6 is 11.3 Å². The summed E-state index contributed by atoms with van der Waals surface area (Å²) >= 11 is 1.28. The fraction of sp³-hybridized carbons (Fsp3) is 0.333. The molecule has 1 unspecified atom stereocenters. The van der Waals surface area contributed by atoms with Crippen molar-refractivity contribution < 1.29 is 22.8 Å². The molecule has 3 heterocycles. The lowest BCUT2D eigenvalue weighted by Crippen LogP contribution is -2.27. The van der Waals surface area contributed by atoms with Crippen molar-refractivity contribution in [2.24, 2.45) is 17.1 Å². The van der Waals surface area contributed by atoms with Gasteiger partial charge >= 0.3 is 6.18 Å². The molecule has 0 bridgehead atoms. The van der Waals surface area contributed by atoms with E-state index in [2.05, 4.69) is 36.2 Å². The number of rotatable bonds is 4. The predicted octanol–water partition coefficient (Wildman–Crippen LogP) is 5.98. The van der Waals surface area contributed by atoms with Gasteiger partial charge in [0, 0.05) is 16.5 Å². The quantitative estimate of drug-likeness (QED) is 0.332. The summed E-state index contributed by atoms with van der Waals surface area (Å²) in [5.74, 6) is -1.00. The summed E-state index contributed by atoms with van der Waals surface area (Å²) in [6.07, 6.45) is -2.42. The van der Waals surface area contributed by atoms with Gasteiger partial charge in [-0.25, -0.2) is 9.50 Å². The molecule has 3 aromatic heterocycles. The van der Waals surface area contributed by atoms with Crippen LogP contribution in [0.5, 0.6) is 0 Å². The molecule has 11 heteroatoms. The number of nitrogens with two attached hydrogens (primary N) is 1. The number of nitrogens with zero attached hydrogens (tertiary/aromatic N) is 3. The van der Waals surface area contributed by atoms with E-state index in [0.717, 1.165) is 29.3 Å². The van der Waals surface area contributed by atoms with Gasteiger partial charge in [-0.05, 0) is 42.2 Å². The Hall–Kier alpha value is -3.73. The third-order valence-electron chi connectivity index (χ3n) is 6.98. The number of halogens is 3. The first-order valence-corrected chi connectivity index (χ1v) is 12.9. The number of hydrogen-bond donors (Lipinski definition) is 2. The fourth-order valence-electron chi connectivity index (χ4n) is 4.89. The summed E-state index contributed by atoms with van der Waals surface area (Å²) in [6, 6.07) is 10.5. The van der Waals surface area contributed by atoms with E-state index in [-0.39, 0.29) is 33.0 Å². The van der Waals surface area contributed by atoms with Crippen LogP contribution in [0.15, 0.2) is 42.5 Å². The SMILES string of the molecule is CC(C)(C)C1CCc2c(sc(NC(=O)c3cc4nc(-c5ccccc5)cc(C(F)(F)F)n4n3)c2C(N)=O)C1. The van der Waals surface area contributed by atoms with Gasteiger partial charge in [-0.2, -0.15) is 18.3 Å². The van der Waals surface area contributed by atoms with Crippen molar-refractivity contribution in [2.75, 3.05) is 5.32 Å². The molecule has 1 aliphatic carbocycles. The molecule has 1 atom stereocenters. The minimum absolute atomic E-state index is 0.0797. The molecule has 0 saturated heterocycles. The second-order valence-corrected chi connectivity index (χ2v) is 11.6. The smallest absolute Gasteiger partial charge is 0.365 e. The number of thiophene rings is 1. The zero-order valence-corrected chi connectivity index (χ0v) is 21.8. The van der Waals surface area contributed by atoms with Crippen LogP contribution in [-0.2, 0) is 19.0 Å². The molecule has 0 radical (unpaired) electrons. The third-order valence-corrected chi connectivity index (χ3v) is 8.15. The number of aromatic nitrogens is 3. The maximum Gasteiger partial charge on any atom is 0.433 e. The fourth-order valence-corrected chi connectivity index (χ4v) is 6.21. The van der Waals surface area contributed by atoms with Gasteiger partial charge < -0.3 is 11.1 Å². The van der Waals surface area contributed by atoms with Crippen LogP contribution in [-0.4, -0.2) is 26.4 Å². The van der Waals surface area contributed by atoms with Gasteiger partial charge in [0.1, 0.15) is 5.00 Å². The average Bonchev–Trinajstić information content (AvgIpc) is 3.43. The second kappa shape index (κ2) is 9.23. The molecule has 2 amide bonds. The molecule has 5 rings (SSSR count). The average molecular weight is 542 g/mol. The Labute approximate surface area is 220 Å². The normalized spacial score (nSPS) is 15.9. The van der Waals surface area contributed by atoms with E-state index in [1.54, 1.807) is 30.3 Å². The number of benzene rings is 1. The van der Waals surface area contributed by atoms with E-state index >= 15 is 0 Å². The van der Waals surface area contributed by atoms with Crippen LogP contribution in [0.25, 0.3) is 16.9 Å². The summed E-state index contributed by atoms with van der Waals surface area (Å²) in [5.41, 5.74) is 6.01. The molecule has 4 aromatic rings. The lowest BCUT2D eigenvalue weighted by Gasteiger charge is -2.33. The number of primary amides is 1. The van der Waals surface area contributed by atoms with Gasteiger partial charge in [0.15, 0.2) is 17.0 Å². The van der Waals surface area contributed by atoms with E-state index in [4.69, 9.17) is 5.73 Å². The number of carbonyl (C=O) groups excluding carboxylic acids is 2. The Kier molecular flexibility index (Phi) is 6.29. The molecule has 0 saturated carbocycles. The summed E-state index contributed by atoms with van der Waals surface area (Å²) in [5, 5.41) is 6.88. The van der Waals surface area contributed by atoms with Gasteiger partial charge in [-0.1, -0.05) is 51.1 Å². The summed E-state index contributed by atoms with van der Waals surface area (Å²) in [7, 11) is 0. The van der Waals surface area contributed by atoms with E-state index < -0.39 is 23.7 Å². The number of fused-ring (bicyclic) bond motifs is 2. The van der Waals surface area contributed by atoms with Crippen molar-refractivity contribution in [3.8, 4) is 11.3 Å². The first kappa shape index (κ1) is 25.9. The zero-order chi connectivity index (χ0) is 27.4. The minimum Gasteiger partial charge on any atom is -0.365 e.